The van der Waals surface area contributed by atoms with E-state index in [-0.39, 0.29) is 0 Å². The largest absolute Gasteiger partial charge is 0.456 e. The van der Waals surface area contributed by atoms with Crippen LogP contribution in [-0.2, 0) is 0 Å². The maximum absolute atomic E-state index is 6.57. The topological polar surface area (TPSA) is 20.8 Å². The van der Waals surface area contributed by atoms with Gasteiger partial charge in [0.1, 0.15) is 11.2 Å². The second-order valence-electron chi connectivity index (χ2n) is 16.9. The van der Waals surface area contributed by atoms with Crippen LogP contribution in [0.1, 0.15) is 0 Å². The summed E-state index contributed by atoms with van der Waals surface area (Å²) in [4.78, 5) is 2.32. The lowest BCUT2D eigenvalue weighted by atomic mass is 9.94. The Labute approximate surface area is 376 Å². The second kappa shape index (κ2) is 15.0. The number of nitrogens with zero attached hydrogens (tertiary/aromatic N) is 2. The van der Waals surface area contributed by atoms with E-state index in [1.54, 1.807) is 0 Å². The van der Waals surface area contributed by atoms with Crippen LogP contribution in [0, 0.1) is 0 Å². The van der Waals surface area contributed by atoms with Gasteiger partial charge in [0.15, 0.2) is 0 Å². The van der Waals surface area contributed by atoms with Gasteiger partial charge in [-0.1, -0.05) is 164 Å². The summed E-state index contributed by atoms with van der Waals surface area (Å²) in [5.41, 5.74) is 17.0. The third-order valence-electron chi connectivity index (χ3n) is 13.2. The molecule has 0 unspecified atom stereocenters. The molecule has 304 valence electrons. The van der Waals surface area contributed by atoms with Crippen LogP contribution < -0.4 is 4.90 Å². The van der Waals surface area contributed by atoms with Crippen LogP contribution in [0.15, 0.2) is 247 Å². The quantitative estimate of drug-likeness (QED) is 0.160. The number of hydrogen-bond acceptors (Lipinski definition) is 2. The van der Waals surface area contributed by atoms with Crippen molar-refractivity contribution in [3.8, 4) is 44.5 Å². The first-order chi connectivity index (χ1) is 32.2. The Balaban J connectivity index is 0.862. The highest BCUT2D eigenvalue weighted by atomic mass is 16.3. The fraction of sp³-hybridized carbons (Fsp3) is 0. The highest BCUT2D eigenvalue weighted by Gasteiger charge is 2.19. The van der Waals surface area contributed by atoms with Crippen LogP contribution in [0.3, 0.4) is 0 Å². The second-order valence-corrected chi connectivity index (χ2v) is 16.9. The van der Waals surface area contributed by atoms with E-state index in [0.29, 0.717) is 0 Å². The Bertz CT molecular complexity index is 3900. The van der Waals surface area contributed by atoms with Crippen molar-refractivity contribution in [3.05, 3.63) is 243 Å². The molecule has 0 aliphatic heterocycles. The number of rotatable bonds is 7. The van der Waals surface area contributed by atoms with Gasteiger partial charge in [0, 0.05) is 51.0 Å². The first-order valence-electron chi connectivity index (χ1n) is 22.2. The summed E-state index contributed by atoms with van der Waals surface area (Å²) >= 11 is 0. The molecule has 0 bridgehead atoms. The molecule has 13 aromatic rings. The summed E-state index contributed by atoms with van der Waals surface area (Å²) in [6.07, 6.45) is 2.17. The van der Waals surface area contributed by atoms with Gasteiger partial charge in [0.2, 0.25) is 0 Å². The van der Waals surface area contributed by atoms with Crippen molar-refractivity contribution in [3.63, 3.8) is 0 Å². The molecular weight excluding hydrogens is 789 g/mol. The molecule has 3 heterocycles. The molecule has 0 radical (unpaired) electrons. The average Bonchev–Trinajstić information content (AvgIpc) is 3.93. The molecule has 0 spiro atoms. The van der Waals surface area contributed by atoms with Gasteiger partial charge in [-0.25, -0.2) is 0 Å². The minimum Gasteiger partial charge on any atom is -0.456 e. The first-order valence-corrected chi connectivity index (χ1v) is 22.2. The lowest BCUT2D eigenvalue weighted by Gasteiger charge is -2.26. The van der Waals surface area contributed by atoms with Crippen molar-refractivity contribution in [2.24, 2.45) is 0 Å². The summed E-state index contributed by atoms with van der Waals surface area (Å²) in [6, 6.07) is 85.4. The third kappa shape index (κ3) is 6.20. The van der Waals surface area contributed by atoms with Gasteiger partial charge in [0.05, 0.1) is 11.0 Å². The number of fused-ring (bicyclic) bond motifs is 10. The summed E-state index contributed by atoms with van der Waals surface area (Å²) in [6.45, 7) is 0. The Kier molecular flexibility index (Phi) is 8.53. The zero-order valence-electron chi connectivity index (χ0n) is 35.4. The number of hydrogen-bond donors (Lipinski definition) is 0. The van der Waals surface area contributed by atoms with E-state index in [0.717, 1.165) is 44.6 Å². The molecular formula is C62H40N2O. The number of benzene rings is 10. The molecule has 65 heavy (non-hydrogen) atoms. The predicted molar refractivity (Wildman–Crippen MR) is 274 cm³/mol. The van der Waals surface area contributed by atoms with Crippen molar-refractivity contribution in [2.75, 3.05) is 4.90 Å². The van der Waals surface area contributed by atoms with E-state index in [4.69, 9.17) is 4.42 Å². The zero-order chi connectivity index (χ0) is 42.8. The molecule has 0 atom stereocenters. The Hall–Kier alpha value is -8.66. The molecule has 10 aromatic carbocycles. The Morgan fingerprint density at radius 2 is 0.846 bits per heavy atom. The SMILES string of the molecule is c1ccc(-c2ccc(N(c3ccc(-c4ccc(-c5ccc6ccc7c(c(-c8ccccc8)c8ccccn87)c6c5)cc4)cc3)c3ccc4c(c3)oc3ccc5ccccc5c34)cc2)cc1. The van der Waals surface area contributed by atoms with Gasteiger partial charge < -0.3 is 13.7 Å². The normalized spacial score (nSPS) is 11.7. The van der Waals surface area contributed by atoms with Gasteiger partial charge in [-0.05, 0) is 127 Å². The van der Waals surface area contributed by atoms with E-state index in [1.807, 2.05) is 0 Å². The van der Waals surface area contributed by atoms with E-state index in [2.05, 4.69) is 252 Å². The minimum absolute atomic E-state index is 0.867. The molecule has 3 heteroatoms. The number of aromatic nitrogens is 1. The minimum atomic E-state index is 0.867. The zero-order valence-corrected chi connectivity index (χ0v) is 35.4. The molecule has 0 aliphatic carbocycles. The van der Waals surface area contributed by atoms with Crippen molar-refractivity contribution in [1.82, 2.24) is 4.40 Å². The molecule has 3 nitrogen and oxygen atoms in total. The molecule has 0 aliphatic rings. The third-order valence-corrected chi connectivity index (χ3v) is 13.2. The molecule has 3 aromatic heterocycles. The molecule has 0 N–H and O–H groups in total. The lowest BCUT2D eigenvalue weighted by molar-refractivity contribution is 0.669. The fourth-order valence-corrected chi connectivity index (χ4v) is 10.0. The molecule has 0 saturated heterocycles. The maximum Gasteiger partial charge on any atom is 0.137 e. The number of pyridine rings is 1. The number of anilines is 3. The average molecular weight is 829 g/mol. The van der Waals surface area contributed by atoms with E-state index < -0.39 is 0 Å². The van der Waals surface area contributed by atoms with Crippen LogP contribution in [0.25, 0.3) is 104 Å². The molecule has 13 rings (SSSR count). The molecule has 0 fully saturated rings. The standard InChI is InChI=1S/C62H40N2O/c1-3-11-41(12-4-1)43-24-30-50(31-25-43)64(52-34-35-54-59(40-52)65-58-37-29-46-13-7-8-16-53(46)61(54)58)51-32-26-44(27-33-51)42-18-20-45(21-19-42)49-23-22-47-28-36-57-62(55(47)39-49)60(48-14-5-2-6-15-48)56-17-9-10-38-63(56)57/h1-40H. The summed E-state index contributed by atoms with van der Waals surface area (Å²) < 4.78 is 8.89. The first kappa shape index (κ1) is 36.9. The molecule has 0 saturated carbocycles. The Morgan fingerprint density at radius 1 is 0.308 bits per heavy atom. The van der Waals surface area contributed by atoms with E-state index in [9.17, 15) is 0 Å². The van der Waals surface area contributed by atoms with E-state index >= 15 is 0 Å². The van der Waals surface area contributed by atoms with Crippen LogP contribution >= 0.6 is 0 Å². The maximum atomic E-state index is 6.57. The van der Waals surface area contributed by atoms with Crippen molar-refractivity contribution in [2.45, 2.75) is 0 Å². The van der Waals surface area contributed by atoms with Crippen LogP contribution in [0.5, 0.6) is 0 Å². The van der Waals surface area contributed by atoms with Gasteiger partial charge in [-0.15, -0.1) is 0 Å². The summed E-state index contributed by atoms with van der Waals surface area (Å²) in [7, 11) is 0. The van der Waals surface area contributed by atoms with Crippen molar-refractivity contribution >= 4 is 77.0 Å². The van der Waals surface area contributed by atoms with Gasteiger partial charge in [-0.2, -0.15) is 0 Å². The molecule has 0 amide bonds. The van der Waals surface area contributed by atoms with Gasteiger partial charge >= 0.3 is 0 Å². The van der Waals surface area contributed by atoms with Crippen molar-refractivity contribution < 1.29 is 4.42 Å². The summed E-state index contributed by atoms with van der Waals surface area (Å²) in [5, 5.41) is 8.46. The fourth-order valence-electron chi connectivity index (χ4n) is 10.0. The lowest BCUT2D eigenvalue weighted by Crippen LogP contribution is -2.09. The Morgan fingerprint density at radius 3 is 1.57 bits per heavy atom. The predicted octanol–water partition coefficient (Wildman–Crippen LogP) is 17.4. The summed E-state index contributed by atoms with van der Waals surface area (Å²) in [5.74, 6) is 0. The van der Waals surface area contributed by atoms with Crippen LogP contribution in [0.2, 0.25) is 0 Å². The highest BCUT2D eigenvalue weighted by Crippen LogP contribution is 2.43. The van der Waals surface area contributed by atoms with Crippen LogP contribution in [0.4, 0.5) is 17.1 Å². The van der Waals surface area contributed by atoms with Crippen LogP contribution in [-0.4, -0.2) is 4.40 Å². The smallest absolute Gasteiger partial charge is 0.137 e. The highest BCUT2D eigenvalue weighted by molar-refractivity contribution is 6.20. The van der Waals surface area contributed by atoms with Crippen molar-refractivity contribution in [1.29, 1.82) is 0 Å². The van der Waals surface area contributed by atoms with Gasteiger partial charge in [-0.3, -0.25) is 0 Å². The monoisotopic (exact) mass is 828 g/mol. The van der Waals surface area contributed by atoms with E-state index in [1.165, 1.54) is 76.9 Å². The van der Waals surface area contributed by atoms with Gasteiger partial charge in [0.25, 0.3) is 0 Å². The number of furan rings is 1.